The average Bonchev–Trinajstić information content (AvgIpc) is 2.87. The number of nitrogens with one attached hydrogen (secondary N) is 1. The molecular formula is C27H32N2O4. The van der Waals surface area contributed by atoms with Crippen molar-refractivity contribution in [2.24, 2.45) is 5.92 Å². The number of hydrogen-bond acceptors (Lipinski definition) is 5. The minimum Gasteiger partial charge on any atom is -0.493 e. The Hall–Kier alpha value is -3.28. The molecule has 1 amide bonds. The van der Waals surface area contributed by atoms with Crippen LogP contribution in [0.3, 0.4) is 0 Å². The summed E-state index contributed by atoms with van der Waals surface area (Å²) in [6.07, 6.45) is 6.14. The number of methoxy groups -OCH3 is 3. The van der Waals surface area contributed by atoms with E-state index in [0.717, 1.165) is 16.5 Å². The van der Waals surface area contributed by atoms with E-state index in [9.17, 15) is 4.79 Å². The van der Waals surface area contributed by atoms with Gasteiger partial charge in [-0.3, -0.25) is 4.79 Å². The average molecular weight is 449 g/mol. The lowest BCUT2D eigenvalue weighted by Crippen LogP contribution is -2.39. The van der Waals surface area contributed by atoms with Crippen molar-refractivity contribution in [1.82, 2.24) is 10.3 Å². The van der Waals surface area contributed by atoms with Gasteiger partial charge in [0.05, 0.1) is 38.1 Å². The predicted octanol–water partition coefficient (Wildman–Crippen LogP) is 5.63. The molecule has 3 aromatic rings. The summed E-state index contributed by atoms with van der Waals surface area (Å²) >= 11 is 0. The summed E-state index contributed by atoms with van der Waals surface area (Å²) in [4.78, 5) is 18.3. The van der Waals surface area contributed by atoms with Crippen LogP contribution in [-0.4, -0.2) is 38.3 Å². The predicted molar refractivity (Wildman–Crippen MR) is 130 cm³/mol. The molecule has 6 nitrogen and oxygen atoms in total. The number of nitrogens with zero attached hydrogens (tertiary/aromatic N) is 1. The summed E-state index contributed by atoms with van der Waals surface area (Å²) in [6.45, 7) is 2.12. The molecule has 0 aliphatic heterocycles. The van der Waals surface area contributed by atoms with Crippen molar-refractivity contribution in [3.8, 4) is 28.5 Å². The maximum absolute atomic E-state index is 13.4. The van der Waals surface area contributed by atoms with Crippen LogP contribution in [0.25, 0.3) is 22.2 Å². The van der Waals surface area contributed by atoms with Crippen molar-refractivity contribution in [2.75, 3.05) is 21.3 Å². The number of aromatic nitrogens is 1. The lowest BCUT2D eigenvalue weighted by Gasteiger charge is -2.28. The van der Waals surface area contributed by atoms with Gasteiger partial charge in [-0.2, -0.15) is 0 Å². The van der Waals surface area contributed by atoms with Gasteiger partial charge in [-0.05, 0) is 49.9 Å². The van der Waals surface area contributed by atoms with Crippen LogP contribution in [0.15, 0.2) is 42.5 Å². The standard InChI is InChI=1S/C27H32N2O4/c1-17(18-10-6-5-7-11-18)28-27(30)21-16-23(29-22-13-9-8-12-20(21)22)19-14-24(31-2)26(33-4)25(15-19)32-3/h8-9,12-18H,5-7,10-11H2,1-4H3,(H,28,30)/t17-/m1/s1. The summed E-state index contributed by atoms with van der Waals surface area (Å²) in [5, 5.41) is 4.10. The van der Waals surface area contributed by atoms with Gasteiger partial charge in [-0.15, -0.1) is 0 Å². The van der Waals surface area contributed by atoms with Gasteiger partial charge in [0.15, 0.2) is 11.5 Å². The molecule has 1 fully saturated rings. The van der Waals surface area contributed by atoms with E-state index in [2.05, 4.69) is 12.2 Å². The summed E-state index contributed by atoms with van der Waals surface area (Å²) < 4.78 is 16.5. The molecule has 1 aliphatic carbocycles. The van der Waals surface area contributed by atoms with Crippen molar-refractivity contribution >= 4 is 16.8 Å². The molecular weight excluding hydrogens is 416 g/mol. The van der Waals surface area contributed by atoms with Gasteiger partial charge >= 0.3 is 0 Å². The maximum atomic E-state index is 13.4. The van der Waals surface area contributed by atoms with Crippen LogP contribution in [0.4, 0.5) is 0 Å². The van der Waals surface area contributed by atoms with Gasteiger partial charge in [0, 0.05) is 17.0 Å². The molecule has 33 heavy (non-hydrogen) atoms. The van der Waals surface area contributed by atoms with Gasteiger partial charge in [-0.1, -0.05) is 37.5 Å². The van der Waals surface area contributed by atoms with E-state index in [1.807, 2.05) is 42.5 Å². The summed E-state index contributed by atoms with van der Waals surface area (Å²) in [7, 11) is 4.74. The Morgan fingerprint density at radius 1 is 0.970 bits per heavy atom. The number of pyridine rings is 1. The molecule has 4 rings (SSSR count). The fraction of sp³-hybridized carbons (Fsp3) is 0.407. The maximum Gasteiger partial charge on any atom is 0.252 e. The van der Waals surface area contributed by atoms with E-state index < -0.39 is 0 Å². The van der Waals surface area contributed by atoms with Gasteiger partial charge in [0.2, 0.25) is 5.75 Å². The van der Waals surface area contributed by atoms with E-state index in [-0.39, 0.29) is 11.9 Å². The van der Waals surface area contributed by atoms with Crippen LogP contribution >= 0.6 is 0 Å². The molecule has 0 saturated heterocycles. The monoisotopic (exact) mass is 448 g/mol. The zero-order valence-electron chi connectivity index (χ0n) is 19.8. The van der Waals surface area contributed by atoms with Crippen LogP contribution in [0.2, 0.25) is 0 Å². The first kappa shape index (κ1) is 22.9. The van der Waals surface area contributed by atoms with Crippen LogP contribution in [0, 0.1) is 5.92 Å². The first-order valence-electron chi connectivity index (χ1n) is 11.6. The second-order valence-electron chi connectivity index (χ2n) is 8.65. The summed E-state index contributed by atoms with van der Waals surface area (Å²) in [6, 6.07) is 13.4. The van der Waals surface area contributed by atoms with Crippen molar-refractivity contribution in [2.45, 2.75) is 45.1 Å². The highest BCUT2D eigenvalue weighted by Gasteiger charge is 2.23. The van der Waals surface area contributed by atoms with Gasteiger partial charge in [0.25, 0.3) is 5.91 Å². The highest BCUT2D eigenvalue weighted by atomic mass is 16.5. The molecule has 6 heteroatoms. The number of amides is 1. The van der Waals surface area contributed by atoms with E-state index in [1.54, 1.807) is 21.3 Å². The SMILES string of the molecule is COc1cc(-c2cc(C(=O)N[C@H](C)C3CCCCC3)c3ccccc3n2)cc(OC)c1OC. The van der Waals surface area contributed by atoms with Crippen LogP contribution in [0.5, 0.6) is 17.2 Å². The number of fused-ring (bicyclic) bond motifs is 1. The van der Waals surface area contributed by atoms with Crippen LogP contribution in [0.1, 0.15) is 49.4 Å². The molecule has 1 N–H and O–H groups in total. The Labute approximate surface area is 195 Å². The number of carbonyl (C=O) groups is 1. The van der Waals surface area contributed by atoms with Gasteiger partial charge < -0.3 is 19.5 Å². The topological polar surface area (TPSA) is 69.7 Å². The fourth-order valence-corrected chi connectivity index (χ4v) is 4.78. The first-order valence-corrected chi connectivity index (χ1v) is 11.6. The van der Waals surface area contributed by atoms with Gasteiger partial charge in [-0.25, -0.2) is 4.98 Å². The summed E-state index contributed by atoms with van der Waals surface area (Å²) in [5.41, 5.74) is 2.83. The second-order valence-corrected chi connectivity index (χ2v) is 8.65. The first-order chi connectivity index (χ1) is 16.0. The quantitative estimate of drug-likeness (QED) is 0.508. The molecule has 1 heterocycles. The molecule has 0 spiro atoms. The molecule has 0 radical (unpaired) electrons. The number of para-hydroxylation sites is 1. The third-order valence-corrected chi connectivity index (χ3v) is 6.64. The van der Waals surface area contributed by atoms with Crippen LogP contribution in [-0.2, 0) is 0 Å². The third kappa shape index (κ3) is 4.75. The highest BCUT2D eigenvalue weighted by molar-refractivity contribution is 6.07. The molecule has 1 saturated carbocycles. The Kier molecular flexibility index (Phi) is 7.02. The Balaban J connectivity index is 1.75. The Morgan fingerprint density at radius 3 is 2.27 bits per heavy atom. The largest absolute Gasteiger partial charge is 0.493 e. The number of hydrogen-bond donors (Lipinski definition) is 1. The highest BCUT2D eigenvalue weighted by Crippen LogP contribution is 2.41. The number of rotatable bonds is 7. The van der Waals surface area contributed by atoms with Crippen molar-refractivity contribution in [3.63, 3.8) is 0 Å². The normalized spacial score (nSPS) is 15.2. The van der Waals surface area contributed by atoms with E-state index in [1.165, 1.54) is 32.1 Å². The molecule has 0 bridgehead atoms. The molecule has 1 atom stereocenters. The number of benzene rings is 2. The third-order valence-electron chi connectivity index (χ3n) is 6.64. The van der Waals surface area contributed by atoms with E-state index in [0.29, 0.717) is 34.4 Å². The zero-order chi connectivity index (χ0) is 23.4. The Bertz CT molecular complexity index is 1110. The number of carbonyl (C=O) groups excluding carboxylic acids is 1. The zero-order valence-corrected chi connectivity index (χ0v) is 19.8. The second kappa shape index (κ2) is 10.1. The molecule has 1 aliphatic rings. The van der Waals surface area contributed by atoms with Crippen molar-refractivity contribution < 1.29 is 19.0 Å². The molecule has 174 valence electrons. The van der Waals surface area contributed by atoms with E-state index >= 15 is 0 Å². The van der Waals surface area contributed by atoms with Crippen molar-refractivity contribution in [3.05, 3.63) is 48.0 Å². The fourth-order valence-electron chi connectivity index (χ4n) is 4.78. The minimum atomic E-state index is -0.0691. The molecule has 0 unspecified atom stereocenters. The van der Waals surface area contributed by atoms with E-state index in [4.69, 9.17) is 19.2 Å². The minimum absolute atomic E-state index is 0.0691. The van der Waals surface area contributed by atoms with Crippen molar-refractivity contribution in [1.29, 1.82) is 0 Å². The van der Waals surface area contributed by atoms with Gasteiger partial charge in [0.1, 0.15) is 0 Å². The van der Waals surface area contributed by atoms with Crippen LogP contribution < -0.4 is 19.5 Å². The lowest BCUT2D eigenvalue weighted by atomic mass is 9.84. The number of ether oxygens (including phenoxy) is 3. The summed E-state index contributed by atoms with van der Waals surface area (Å²) in [5.74, 6) is 2.06. The molecule has 1 aromatic heterocycles. The smallest absolute Gasteiger partial charge is 0.252 e. The Morgan fingerprint density at radius 2 is 1.64 bits per heavy atom. The molecule has 2 aromatic carbocycles. The lowest BCUT2D eigenvalue weighted by molar-refractivity contribution is 0.0921.